The minimum Gasteiger partial charge on any atom is -0.211 e. The van der Waals surface area contributed by atoms with Gasteiger partial charge in [0.05, 0.1) is 0 Å². The molecule has 0 bridgehead atoms. The van der Waals surface area contributed by atoms with Crippen molar-refractivity contribution in [2.24, 2.45) is 5.92 Å². The molecule has 1 rings (SSSR count). The van der Waals surface area contributed by atoms with Gasteiger partial charge in [0.2, 0.25) is 10.0 Å². The van der Waals surface area contributed by atoms with Crippen LogP contribution in [-0.2, 0) is 10.0 Å². The first kappa shape index (κ1) is 9.29. The third-order valence-electron chi connectivity index (χ3n) is 1.92. The molecule has 0 aromatic rings. The molecule has 1 aliphatic heterocycles. The molecule has 5 heteroatoms. The quantitative estimate of drug-likeness (QED) is 0.616. The van der Waals surface area contributed by atoms with Crippen molar-refractivity contribution < 1.29 is 8.42 Å². The molecule has 0 spiro atoms. The number of sulfonamides is 1. The van der Waals surface area contributed by atoms with Gasteiger partial charge in [-0.25, -0.2) is 12.7 Å². The summed E-state index contributed by atoms with van der Waals surface area (Å²) in [6.07, 6.45) is 0.954. The molecule has 1 heterocycles. The summed E-state index contributed by atoms with van der Waals surface area (Å²) in [6, 6.07) is 0. The molecule has 0 aromatic carbocycles. The predicted octanol–water partition coefficient (Wildman–Crippen LogP) is 0.854. The molecule has 1 atom stereocenters. The van der Waals surface area contributed by atoms with Gasteiger partial charge in [0.25, 0.3) is 0 Å². The lowest BCUT2D eigenvalue weighted by atomic mass is 10.2. The number of rotatable bonds is 2. The standard InChI is InChI=1S/C6H12ClNO2S/c1-6-2-3-8(4-6)11(9,10)5-7/h6H,2-5H2,1H3/t6-/m0/s1. The van der Waals surface area contributed by atoms with Gasteiger partial charge in [-0.15, -0.1) is 11.6 Å². The molecule has 0 saturated carbocycles. The third kappa shape index (κ3) is 2.07. The first-order valence-corrected chi connectivity index (χ1v) is 5.74. The number of alkyl halides is 1. The van der Waals surface area contributed by atoms with Crippen LogP contribution in [0.2, 0.25) is 0 Å². The fourth-order valence-corrected chi connectivity index (χ4v) is 2.63. The van der Waals surface area contributed by atoms with Gasteiger partial charge in [0, 0.05) is 13.1 Å². The van der Waals surface area contributed by atoms with Gasteiger partial charge in [-0.05, 0) is 12.3 Å². The van der Waals surface area contributed by atoms with Crippen molar-refractivity contribution in [2.75, 3.05) is 18.3 Å². The summed E-state index contributed by atoms with van der Waals surface area (Å²) in [5, 5.41) is -0.292. The van der Waals surface area contributed by atoms with E-state index in [2.05, 4.69) is 0 Å². The molecule has 0 aromatic heterocycles. The van der Waals surface area contributed by atoms with Crippen LogP contribution < -0.4 is 0 Å². The summed E-state index contributed by atoms with van der Waals surface area (Å²) in [5.41, 5.74) is 0. The molecular weight excluding hydrogens is 186 g/mol. The van der Waals surface area contributed by atoms with Gasteiger partial charge in [-0.2, -0.15) is 0 Å². The zero-order chi connectivity index (χ0) is 8.48. The molecule has 0 radical (unpaired) electrons. The lowest BCUT2D eigenvalue weighted by Crippen LogP contribution is -2.29. The Morgan fingerprint density at radius 3 is 2.64 bits per heavy atom. The molecule has 0 N–H and O–H groups in total. The minimum absolute atomic E-state index is 0.292. The van der Waals surface area contributed by atoms with E-state index >= 15 is 0 Å². The van der Waals surface area contributed by atoms with Crippen LogP contribution in [0.3, 0.4) is 0 Å². The van der Waals surface area contributed by atoms with E-state index < -0.39 is 10.0 Å². The van der Waals surface area contributed by atoms with Gasteiger partial charge in [-0.1, -0.05) is 6.92 Å². The number of halogens is 1. The second kappa shape index (κ2) is 3.29. The van der Waals surface area contributed by atoms with Crippen molar-refractivity contribution in [1.29, 1.82) is 0 Å². The Kier molecular flexibility index (Phi) is 2.78. The smallest absolute Gasteiger partial charge is 0.211 e. The van der Waals surface area contributed by atoms with E-state index in [1.807, 2.05) is 6.92 Å². The van der Waals surface area contributed by atoms with Crippen molar-refractivity contribution in [3.63, 3.8) is 0 Å². The highest BCUT2D eigenvalue weighted by atomic mass is 35.5. The van der Waals surface area contributed by atoms with Gasteiger partial charge < -0.3 is 0 Å². The van der Waals surface area contributed by atoms with Crippen LogP contribution in [0.1, 0.15) is 13.3 Å². The summed E-state index contributed by atoms with van der Waals surface area (Å²) < 4.78 is 23.7. The molecule has 11 heavy (non-hydrogen) atoms. The molecule has 3 nitrogen and oxygen atoms in total. The van der Waals surface area contributed by atoms with Crippen molar-refractivity contribution >= 4 is 21.6 Å². The first-order valence-electron chi connectivity index (χ1n) is 3.60. The Labute approximate surface area is 72.4 Å². The Morgan fingerprint density at radius 1 is 1.64 bits per heavy atom. The van der Waals surface area contributed by atoms with Crippen LogP contribution >= 0.6 is 11.6 Å². The second-order valence-corrected chi connectivity index (χ2v) is 5.53. The fraction of sp³-hybridized carbons (Fsp3) is 1.00. The monoisotopic (exact) mass is 197 g/mol. The maximum absolute atomic E-state index is 11.1. The molecule has 66 valence electrons. The molecule has 1 aliphatic rings. The summed E-state index contributed by atoms with van der Waals surface area (Å²) in [4.78, 5) is 0. The third-order valence-corrected chi connectivity index (χ3v) is 4.14. The van der Waals surface area contributed by atoms with Crippen molar-refractivity contribution in [3.8, 4) is 0 Å². The van der Waals surface area contributed by atoms with E-state index in [1.54, 1.807) is 0 Å². The SMILES string of the molecule is C[C@H]1CCN(S(=O)(=O)CCl)C1. The summed E-state index contributed by atoms with van der Waals surface area (Å²) in [7, 11) is -3.13. The van der Waals surface area contributed by atoms with Crippen LogP contribution in [0.25, 0.3) is 0 Å². The number of hydrogen-bond donors (Lipinski definition) is 0. The summed E-state index contributed by atoms with van der Waals surface area (Å²) in [5.74, 6) is 0.480. The highest BCUT2D eigenvalue weighted by molar-refractivity contribution is 7.90. The van der Waals surface area contributed by atoms with E-state index in [0.29, 0.717) is 19.0 Å². The molecule has 1 fully saturated rings. The van der Waals surface area contributed by atoms with E-state index in [9.17, 15) is 8.42 Å². The summed E-state index contributed by atoms with van der Waals surface area (Å²) in [6.45, 7) is 3.31. The topological polar surface area (TPSA) is 37.4 Å². The van der Waals surface area contributed by atoms with Crippen molar-refractivity contribution in [1.82, 2.24) is 4.31 Å². The molecule has 0 unspecified atom stereocenters. The van der Waals surface area contributed by atoms with E-state index in [0.717, 1.165) is 6.42 Å². The van der Waals surface area contributed by atoms with Crippen LogP contribution in [0, 0.1) is 5.92 Å². The zero-order valence-electron chi connectivity index (χ0n) is 6.46. The van der Waals surface area contributed by atoms with Crippen LogP contribution in [0.5, 0.6) is 0 Å². The van der Waals surface area contributed by atoms with E-state index in [4.69, 9.17) is 11.6 Å². The van der Waals surface area contributed by atoms with Gasteiger partial charge >= 0.3 is 0 Å². The van der Waals surface area contributed by atoms with Crippen molar-refractivity contribution in [2.45, 2.75) is 13.3 Å². The average molecular weight is 198 g/mol. The Balaban J connectivity index is 2.64. The molecule has 0 aliphatic carbocycles. The van der Waals surface area contributed by atoms with Gasteiger partial charge in [-0.3, -0.25) is 0 Å². The van der Waals surface area contributed by atoms with Gasteiger partial charge in [0.1, 0.15) is 5.21 Å². The summed E-state index contributed by atoms with van der Waals surface area (Å²) >= 11 is 5.29. The Hall–Kier alpha value is 0.200. The second-order valence-electron chi connectivity index (χ2n) is 2.97. The van der Waals surface area contributed by atoms with E-state index in [1.165, 1.54) is 4.31 Å². The highest BCUT2D eigenvalue weighted by Gasteiger charge is 2.27. The Morgan fingerprint density at radius 2 is 2.27 bits per heavy atom. The lowest BCUT2D eigenvalue weighted by Gasteiger charge is -2.12. The fourth-order valence-electron chi connectivity index (χ4n) is 1.22. The largest absolute Gasteiger partial charge is 0.228 e. The normalized spacial score (nSPS) is 27.6. The number of nitrogens with zero attached hydrogens (tertiary/aromatic N) is 1. The van der Waals surface area contributed by atoms with Gasteiger partial charge in [0.15, 0.2) is 0 Å². The maximum Gasteiger partial charge on any atom is 0.228 e. The van der Waals surface area contributed by atoms with Crippen LogP contribution in [0.15, 0.2) is 0 Å². The lowest BCUT2D eigenvalue weighted by molar-refractivity contribution is 0.468. The van der Waals surface area contributed by atoms with Crippen molar-refractivity contribution in [3.05, 3.63) is 0 Å². The van der Waals surface area contributed by atoms with Crippen LogP contribution in [0.4, 0.5) is 0 Å². The minimum atomic E-state index is -3.13. The average Bonchev–Trinajstić information content (AvgIpc) is 2.36. The molecular formula is C6H12ClNO2S. The Bertz CT molecular complexity index is 227. The maximum atomic E-state index is 11.1. The molecule has 0 amide bonds. The molecule has 1 saturated heterocycles. The highest BCUT2D eigenvalue weighted by Crippen LogP contribution is 2.18. The zero-order valence-corrected chi connectivity index (χ0v) is 8.03. The predicted molar refractivity (Wildman–Crippen MR) is 45.0 cm³/mol. The van der Waals surface area contributed by atoms with E-state index in [-0.39, 0.29) is 5.21 Å². The number of hydrogen-bond acceptors (Lipinski definition) is 2. The van der Waals surface area contributed by atoms with Crippen LogP contribution in [-0.4, -0.2) is 31.0 Å². The first-order chi connectivity index (χ1) is 5.06.